The minimum atomic E-state index is 0.553. The molecular formula is C21H15N3O. The SMILES string of the molecule is C(#Cc1ccccc1-c1cn(Cc2ccco2)nn1)c1ccccc1. The second kappa shape index (κ2) is 6.90. The van der Waals surface area contributed by atoms with Gasteiger partial charge < -0.3 is 4.42 Å². The maximum absolute atomic E-state index is 5.35. The molecule has 0 radical (unpaired) electrons. The minimum absolute atomic E-state index is 0.553. The standard InChI is InChI=1S/C21H15N3O/c1-2-7-17(8-3-1)12-13-18-9-4-5-11-20(18)21-16-24(23-22-21)15-19-10-6-14-25-19/h1-11,14,16H,15H2. The first-order valence-corrected chi connectivity index (χ1v) is 7.97. The van der Waals surface area contributed by atoms with E-state index in [1.54, 1.807) is 10.9 Å². The predicted molar refractivity (Wildman–Crippen MR) is 95.7 cm³/mol. The van der Waals surface area contributed by atoms with E-state index < -0.39 is 0 Å². The fraction of sp³-hybridized carbons (Fsp3) is 0.0476. The van der Waals surface area contributed by atoms with Crippen LogP contribution in [0.25, 0.3) is 11.3 Å². The smallest absolute Gasteiger partial charge is 0.125 e. The number of nitrogens with zero attached hydrogens (tertiary/aromatic N) is 3. The fourth-order valence-electron chi connectivity index (χ4n) is 2.54. The fourth-order valence-corrected chi connectivity index (χ4v) is 2.54. The lowest BCUT2D eigenvalue weighted by Crippen LogP contribution is -1.98. The van der Waals surface area contributed by atoms with Crippen molar-refractivity contribution < 1.29 is 4.42 Å². The van der Waals surface area contributed by atoms with Crippen LogP contribution in [-0.2, 0) is 6.54 Å². The zero-order valence-corrected chi connectivity index (χ0v) is 13.5. The van der Waals surface area contributed by atoms with Crippen molar-refractivity contribution in [3.05, 3.63) is 96.1 Å². The number of hydrogen-bond acceptors (Lipinski definition) is 3. The summed E-state index contributed by atoms with van der Waals surface area (Å²) < 4.78 is 7.11. The minimum Gasteiger partial charge on any atom is -0.467 e. The van der Waals surface area contributed by atoms with Gasteiger partial charge in [-0.15, -0.1) is 5.10 Å². The van der Waals surface area contributed by atoms with Gasteiger partial charge in [0.2, 0.25) is 0 Å². The molecule has 4 heteroatoms. The van der Waals surface area contributed by atoms with Crippen LogP contribution in [0, 0.1) is 11.8 Å². The zero-order chi connectivity index (χ0) is 16.9. The Morgan fingerprint density at radius 2 is 1.72 bits per heavy atom. The Balaban J connectivity index is 1.63. The molecule has 0 bridgehead atoms. The van der Waals surface area contributed by atoms with Gasteiger partial charge in [0, 0.05) is 16.7 Å². The van der Waals surface area contributed by atoms with Crippen LogP contribution in [-0.4, -0.2) is 15.0 Å². The number of aromatic nitrogens is 3. The van der Waals surface area contributed by atoms with E-state index >= 15 is 0 Å². The summed E-state index contributed by atoms with van der Waals surface area (Å²) in [5, 5.41) is 8.47. The molecular weight excluding hydrogens is 310 g/mol. The van der Waals surface area contributed by atoms with Gasteiger partial charge in [-0.1, -0.05) is 53.5 Å². The third kappa shape index (κ3) is 3.51. The second-order valence-electron chi connectivity index (χ2n) is 5.54. The Morgan fingerprint density at radius 1 is 0.880 bits per heavy atom. The first kappa shape index (κ1) is 15.0. The van der Waals surface area contributed by atoms with Crippen LogP contribution in [0.15, 0.2) is 83.6 Å². The Morgan fingerprint density at radius 3 is 2.56 bits per heavy atom. The lowest BCUT2D eigenvalue weighted by atomic mass is 10.1. The normalized spacial score (nSPS) is 10.2. The lowest BCUT2D eigenvalue weighted by molar-refractivity contribution is 0.475. The molecule has 2 aromatic heterocycles. The molecule has 0 atom stereocenters. The maximum atomic E-state index is 5.35. The average molecular weight is 325 g/mol. The summed E-state index contributed by atoms with van der Waals surface area (Å²) in [4.78, 5) is 0. The Bertz CT molecular complexity index is 1020. The van der Waals surface area contributed by atoms with Gasteiger partial charge in [0.1, 0.15) is 18.0 Å². The molecule has 0 aliphatic rings. The number of benzene rings is 2. The molecule has 0 amide bonds. The van der Waals surface area contributed by atoms with E-state index in [1.165, 1.54) is 0 Å². The van der Waals surface area contributed by atoms with E-state index in [1.807, 2.05) is 72.9 Å². The van der Waals surface area contributed by atoms with Gasteiger partial charge in [0.15, 0.2) is 0 Å². The third-order valence-electron chi connectivity index (χ3n) is 3.75. The predicted octanol–water partition coefficient (Wildman–Crippen LogP) is 3.99. The van der Waals surface area contributed by atoms with Crippen LogP contribution in [0.3, 0.4) is 0 Å². The lowest BCUT2D eigenvalue weighted by Gasteiger charge is -2.00. The van der Waals surface area contributed by atoms with Crippen LogP contribution in [0.4, 0.5) is 0 Å². The van der Waals surface area contributed by atoms with Gasteiger partial charge in [0.05, 0.1) is 12.5 Å². The zero-order valence-electron chi connectivity index (χ0n) is 13.5. The molecule has 4 nitrogen and oxygen atoms in total. The number of rotatable bonds is 3. The molecule has 0 fully saturated rings. The topological polar surface area (TPSA) is 43.9 Å². The molecule has 0 saturated heterocycles. The summed E-state index contributed by atoms with van der Waals surface area (Å²) in [5.74, 6) is 7.27. The summed E-state index contributed by atoms with van der Waals surface area (Å²) in [6.45, 7) is 0.553. The molecule has 2 heterocycles. The molecule has 0 unspecified atom stereocenters. The van der Waals surface area contributed by atoms with Crippen LogP contribution in [0.1, 0.15) is 16.9 Å². The van der Waals surface area contributed by atoms with Gasteiger partial charge in [-0.05, 0) is 30.3 Å². The van der Waals surface area contributed by atoms with E-state index in [2.05, 4.69) is 22.2 Å². The van der Waals surface area contributed by atoms with E-state index in [0.29, 0.717) is 6.54 Å². The van der Waals surface area contributed by atoms with Crippen molar-refractivity contribution in [1.29, 1.82) is 0 Å². The summed E-state index contributed by atoms with van der Waals surface area (Å²) in [5.41, 5.74) is 3.68. The first-order valence-electron chi connectivity index (χ1n) is 7.97. The highest BCUT2D eigenvalue weighted by Gasteiger charge is 2.08. The second-order valence-corrected chi connectivity index (χ2v) is 5.54. The summed E-state index contributed by atoms with van der Waals surface area (Å²) in [6.07, 6.45) is 3.56. The molecule has 2 aromatic carbocycles. The molecule has 25 heavy (non-hydrogen) atoms. The Labute approximate surface area is 145 Å². The molecule has 0 aliphatic heterocycles. The van der Waals surface area contributed by atoms with Gasteiger partial charge in [-0.3, -0.25) is 0 Å². The van der Waals surface area contributed by atoms with Gasteiger partial charge in [0.25, 0.3) is 0 Å². The number of furan rings is 1. The van der Waals surface area contributed by atoms with E-state index in [-0.39, 0.29) is 0 Å². The molecule has 0 N–H and O–H groups in total. The van der Waals surface area contributed by atoms with Crippen LogP contribution in [0.5, 0.6) is 0 Å². The van der Waals surface area contributed by atoms with Crippen molar-refractivity contribution >= 4 is 0 Å². The number of hydrogen-bond donors (Lipinski definition) is 0. The van der Waals surface area contributed by atoms with E-state index in [4.69, 9.17) is 4.42 Å². The highest BCUT2D eigenvalue weighted by Crippen LogP contribution is 2.21. The average Bonchev–Trinajstić information content (AvgIpc) is 3.34. The van der Waals surface area contributed by atoms with E-state index in [9.17, 15) is 0 Å². The molecule has 120 valence electrons. The van der Waals surface area contributed by atoms with Crippen LogP contribution >= 0.6 is 0 Å². The van der Waals surface area contributed by atoms with Crippen molar-refractivity contribution in [3.8, 4) is 23.1 Å². The quantitative estimate of drug-likeness (QED) is 0.535. The van der Waals surface area contributed by atoms with Crippen LogP contribution < -0.4 is 0 Å². The van der Waals surface area contributed by atoms with E-state index in [0.717, 1.165) is 28.1 Å². The molecule has 0 aliphatic carbocycles. The molecule has 0 saturated carbocycles. The molecule has 4 aromatic rings. The maximum Gasteiger partial charge on any atom is 0.125 e. The van der Waals surface area contributed by atoms with Gasteiger partial charge in [-0.2, -0.15) is 0 Å². The highest BCUT2D eigenvalue weighted by atomic mass is 16.3. The van der Waals surface area contributed by atoms with Crippen molar-refractivity contribution in [2.75, 3.05) is 0 Å². The largest absolute Gasteiger partial charge is 0.467 e. The van der Waals surface area contributed by atoms with Crippen molar-refractivity contribution in [2.45, 2.75) is 6.54 Å². The Kier molecular flexibility index (Phi) is 4.13. The highest BCUT2D eigenvalue weighted by molar-refractivity contribution is 5.67. The summed E-state index contributed by atoms with van der Waals surface area (Å²) in [6, 6.07) is 21.7. The van der Waals surface area contributed by atoms with Gasteiger partial charge in [-0.25, -0.2) is 4.68 Å². The molecule has 4 rings (SSSR count). The van der Waals surface area contributed by atoms with Crippen molar-refractivity contribution in [1.82, 2.24) is 15.0 Å². The summed E-state index contributed by atoms with van der Waals surface area (Å²) in [7, 11) is 0. The van der Waals surface area contributed by atoms with Crippen molar-refractivity contribution in [3.63, 3.8) is 0 Å². The van der Waals surface area contributed by atoms with Crippen LogP contribution in [0.2, 0.25) is 0 Å². The summed E-state index contributed by atoms with van der Waals surface area (Å²) >= 11 is 0. The first-order chi connectivity index (χ1) is 12.4. The Hall–Kier alpha value is -3.58. The monoisotopic (exact) mass is 325 g/mol. The van der Waals surface area contributed by atoms with Gasteiger partial charge >= 0.3 is 0 Å². The third-order valence-corrected chi connectivity index (χ3v) is 3.75. The molecule has 0 spiro atoms. The van der Waals surface area contributed by atoms with Crippen molar-refractivity contribution in [2.24, 2.45) is 0 Å².